The molecule has 1 heterocycles. The number of amides is 1. The van der Waals surface area contributed by atoms with Gasteiger partial charge in [0.2, 0.25) is 10.0 Å². The average Bonchev–Trinajstić information content (AvgIpc) is 3.00. The maximum Gasteiger partial charge on any atom is 0.263 e. The van der Waals surface area contributed by atoms with Crippen molar-refractivity contribution in [1.29, 1.82) is 0 Å². The molecule has 2 aliphatic rings. The number of nitrogens with one attached hydrogen (secondary N) is 2. The lowest BCUT2D eigenvalue weighted by Gasteiger charge is -2.36. The van der Waals surface area contributed by atoms with Crippen LogP contribution < -0.4 is 24.4 Å². The van der Waals surface area contributed by atoms with Gasteiger partial charge in [0.15, 0.2) is 0 Å². The van der Waals surface area contributed by atoms with E-state index >= 15 is 0 Å². The zero-order chi connectivity index (χ0) is 29.0. The van der Waals surface area contributed by atoms with E-state index in [1.165, 1.54) is 19.8 Å². The summed E-state index contributed by atoms with van der Waals surface area (Å²) < 4.78 is 42.0. The van der Waals surface area contributed by atoms with Gasteiger partial charge in [0.05, 0.1) is 19.9 Å². The Bertz CT molecular complexity index is 1480. The van der Waals surface area contributed by atoms with Crippen molar-refractivity contribution in [1.82, 2.24) is 9.62 Å². The largest absolute Gasteiger partial charge is 0.496 e. The van der Waals surface area contributed by atoms with E-state index in [1.54, 1.807) is 36.4 Å². The van der Waals surface area contributed by atoms with Gasteiger partial charge in [0.25, 0.3) is 5.91 Å². The Morgan fingerprint density at radius 1 is 0.951 bits per heavy atom. The Kier molecular flexibility index (Phi) is 8.82. The van der Waals surface area contributed by atoms with Crippen molar-refractivity contribution < 1.29 is 22.7 Å². The fraction of sp³-hybridized carbons (Fsp3) is 0.387. The van der Waals surface area contributed by atoms with Crippen molar-refractivity contribution in [3.8, 4) is 11.5 Å². The Balaban J connectivity index is 1.50. The summed E-state index contributed by atoms with van der Waals surface area (Å²) in [6, 6.07) is 17.9. The van der Waals surface area contributed by atoms with Crippen LogP contribution in [-0.4, -0.2) is 66.2 Å². The number of sulfonamides is 1. The smallest absolute Gasteiger partial charge is 0.263 e. The van der Waals surface area contributed by atoms with Crippen LogP contribution in [0, 0.1) is 0 Å². The number of piperazine rings is 1. The van der Waals surface area contributed by atoms with Gasteiger partial charge in [0.1, 0.15) is 22.0 Å². The molecule has 3 aromatic carbocycles. The Morgan fingerprint density at radius 3 is 2.34 bits per heavy atom. The van der Waals surface area contributed by atoms with E-state index < -0.39 is 15.9 Å². The first-order valence-electron chi connectivity index (χ1n) is 14.1. The lowest BCUT2D eigenvalue weighted by molar-refractivity contribution is 0.102. The van der Waals surface area contributed by atoms with E-state index in [1.807, 2.05) is 18.2 Å². The minimum absolute atomic E-state index is 0.148. The summed E-state index contributed by atoms with van der Waals surface area (Å²) in [7, 11) is -0.987. The van der Waals surface area contributed by atoms with Gasteiger partial charge < -0.3 is 24.6 Å². The van der Waals surface area contributed by atoms with Gasteiger partial charge in [-0.05, 0) is 67.3 Å². The van der Waals surface area contributed by atoms with Crippen molar-refractivity contribution in [2.75, 3.05) is 57.2 Å². The maximum absolute atomic E-state index is 14.1. The highest BCUT2D eigenvalue weighted by molar-refractivity contribution is 7.89. The fourth-order valence-corrected chi connectivity index (χ4v) is 7.27. The van der Waals surface area contributed by atoms with Crippen molar-refractivity contribution >= 4 is 27.3 Å². The molecule has 1 saturated heterocycles. The summed E-state index contributed by atoms with van der Waals surface area (Å²) >= 11 is 0. The molecule has 1 aliphatic heterocycles. The van der Waals surface area contributed by atoms with Crippen LogP contribution in [0.5, 0.6) is 11.5 Å². The average molecular weight is 579 g/mol. The molecule has 2 N–H and O–H groups in total. The van der Waals surface area contributed by atoms with E-state index in [2.05, 4.69) is 32.8 Å². The molecule has 41 heavy (non-hydrogen) atoms. The van der Waals surface area contributed by atoms with E-state index in [0.29, 0.717) is 36.0 Å². The first-order valence-corrected chi connectivity index (χ1v) is 15.6. The van der Waals surface area contributed by atoms with Crippen LogP contribution in [0.1, 0.15) is 47.3 Å². The van der Waals surface area contributed by atoms with Crippen LogP contribution in [0.2, 0.25) is 0 Å². The Hall–Kier alpha value is -3.60. The molecule has 0 spiro atoms. The summed E-state index contributed by atoms with van der Waals surface area (Å²) in [5.74, 6) is 0.261. The molecule has 0 radical (unpaired) electrons. The molecule has 5 rings (SSSR count). The number of hydrogen-bond donors (Lipinski definition) is 2. The topological polar surface area (TPSA) is 100 Å². The molecule has 10 heteroatoms. The standard InChI is InChI=1S/C31H38N4O5S/c1-4-34-17-19-35(20-18-34)26-16-15-23(32-31(36)30-27(39-2)13-8-14-28(30)40-3)21-29(26)41(37,38)33-25-12-7-10-22-9-5-6-11-24(22)25/h5-6,8-9,11,13-16,21,25,33H,4,7,10,12,17-20H2,1-3H3,(H,32,36)/t25-/m1/s1. The van der Waals surface area contributed by atoms with Crippen molar-refractivity contribution in [2.45, 2.75) is 37.1 Å². The molecule has 1 amide bonds. The fourth-order valence-electron chi connectivity index (χ4n) is 5.77. The summed E-state index contributed by atoms with van der Waals surface area (Å²) in [4.78, 5) is 18.0. The number of carbonyl (C=O) groups excluding carboxylic acids is 1. The first kappa shape index (κ1) is 28.9. The third-order valence-electron chi connectivity index (χ3n) is 7.99. The van der Waals surface area contributed by atoms with Crippen LogP contribution in [-0.2, 0) is 16.4 Å². The zero-order valence-electron chi connectivity index (χ0n) is 23.9. The monoisotopic (exact) mass is 578 g/mol. The highest BCUT2D eigenvalue weighted by Crippen LogP contribution is 2.35. The molecule has 3 aromatic rings. The summed E-state index contributed by atoms with van der Waals surface area (Å²) in [5, 5.41) is 2.87. The highest BCUT2D eigenvalue weighted by Gasteiger charge is 2.30. The number of hydrogen-bond acceptors (Lipinski definition) is 7. The van der Waals surface area contributed by atoms with Crippen molar-refractivity contribution in [2.24, 2.45) is 0 Å². The second-order valence-corrected chi connectivity index (χ2v) is 12.0. The molecule has 1 fully saturated rings. The third kappa shape index (κ3) is 6.19. The number of ether oxygens (including phenoxy) is 2. The molecule has 0 aromatic heterocycles. The number of nitrogens with zero attached hydrogens (tertiary/aromatic N) is 2. The van der Waals surface area contributed by atoms with Crippen LogP contribution in [0.15, 0.2) is 65.6 Å². The van der Waals surface area contributed by atoms with Gasteiger partial charge in [-0.2, -0.15) is 0 Å². The molecular formula is C31H38N4O5S. The number of benzene rings is 3. The number of carbonyl (C=O) groups is 1. The molecule has 0 bridgehead atoms. The molecule has 9 nitrogen and oxygen atoms in total. The summed E-state index contributed by atoms with van der Waals surface area (Å²) in [6.07, 6.45) is 2.58. The highest BCUT2D eigenvalue weighted by atomic mass is 32.2. The predicted octanol–water partition coefficient (Wildman–Crippen LogP) is 4.45. The van der Waals surface area contributed by atoms with Crippen LogP contribution in [0.4, 0.5) is 11.4 Å². The summed E-state index contributed by atoms with van der Waals surface area (Å²) in [6.45, 7) is 6.22. The van der Waals surface area contributed by atoms with Gasteiger partial charge in [-0.1, -0.05) is 37.3 Å². The molecule has 1 aliphatic carbocycles. The first-order chi connectivity index (χ1) is 19.8. The van der Waals surface area contributed by atoms with Crippen LogP contribution in [0.3, 0.4) is 0 Å². The van der Waals surface area contributed by atoms with Gasteiger partial charge in [-0.3, -0.25) is 4.79 Å². The number of methoxy groups -OCH3 is 2. The normalized spacial score (nSPS) is 17.5. The number of anilines is 2. The van der Waals surface area contributed by atoms with E-state index in [0.717, 1.165) is 44.5 Å². The molecular weight excluding hydrogens is 540 g/mol. The van der Waals surface area contributed by atoms with Gasteiger partial charge in [0, 0.05) is 37.9 Å². The summed E-state index contributed by atoms with van der Waals surface area (Å²) in [5.41, 5.74) is 3.43. The zero-order valence-corrected chi connectivity index (χ0v) is 24.7. The van der Waals surface area contributed by atoms with Gasteiger partial charge in [-0.15, -0.1) is 0 Å². The van der Waals surface area contributed by atoms with Crippen LogP contribution >= 0.6 is 0 Å². The lowest BCUT2D eigenvalue weighted by Crippen LogP contribution is -2.46. The Labute approximate surface area is 242 Å². The third-order valence-corrected chi connectivity index (χ3v) is 9.49. The number of fused-ring (bicyclic) bond motifs is 1. The number of rotatable bonds is 9. The Morgan fingerprint density at radius 2 is 1.66 bits per heavy atom. The number of likely N-dealkylation sites (N-methyl/N-ethyl adjacent to an activating group) is 1. The quantitative estimate of drug-likeness (QED) is 0.387. The van der Waals surface area contributed by atoms with E-state index in [-0.39, 0.29) is 16.5 Å². The van der Waals surface area contributed by atoms with Crippen LogP contribution in [0.25, 0.3) is 0 Å². The van der Waals surface area contributed by atoms with Gasteiger partial charge in [-0.25, -0.2) is 13.1 Å². The molecule has 1 atom stereocenters. The lowest BCUT2D eigenvalue weighted by atomic mass is 9.88. The van der Waals surface area contributed by atoms with E-state index in [9.17, 15) is 13.2 Å². The van der Waals surface area contributed by atoms with Gasteiger partial charge >= 0.3 is 0 Å². The molecule has 0 saturated carbocycles. The SMILES string of the molecule is CCN1CCN(c2ccc(NC(=O)c3c(OC)cccc3OC)cc2S(=O)(=O)N[C@@H]2CCCc3ccccc32)CC1. The minimum Gasteiger partial charge on any atom is -0.496 e. The second kappa shape index (κ2) is 12.5. The number of aryl methyl sites for hydroxylation is 1. The van der Waals surface area contributed by atoms with E-state index in [4.69, 9.17) is 9.47 Å². The minimum atomic E-state index is -3.96. The molecule has 218 valence electrons. The molecule has 0 unspecified atom stereocenters. The van der Waals surface area contributed by atoms with Crippen molar-refractivity contribution in [3.05, 3.63) is 77.4 Å². The second-order valence-electron chi connectivity index (χ2n) is 10.4. The predicted molar refractivity (Wildman–Crippen MR) is 161 cm³/mol. The maximum atomic E-state index is 14.1. The van der Waals surface area contributed by atoms with Crippen molar-refractivity contribution in [3.63, 3.8) is 0 Å².